The average Bonchev–Trinajstić information content (AvgIpc) is 2.87. The highest BCUT2D eigenvalue weighted by atomic mass is 32.2. The SMILES string of the molecule is CCC1CCC(N)(c2nc(CSC(C)C)no2)CC1. The van der Waals surface area contributed by atoms with Crippen molar-refractivity contribution in [1.82, 2.24) is 10.1 Å². The molecule has 1 saturated carbocycles. The first-order chi connectivity index (χ1) is 9.03. The fourth-order valence-electron chi connectivity index (χ4n) is 2.57. The van der Waals surface area contributed by atoms with Crippen molar-refractivity contribution in [2.24, 2.45) is 11.7 Å². The highest BCUT2D eigenvalue weighted by Gasteiger charge is 2.37. The zero-order chi connectivity index (χ0) is 13.9. The van der Waals surface area contributed by atoms with Gasteiger partial charge in [0, 0.05) is 0 Å². The molecule has 1 aliphatic carbocycles. The van der Waals surface area contributed by atoms with Gasteiger partial charge < -0.3 is 10.3 Å². The fraction of sp³-hybridized carbons (Fsp3) is 0.857. The summed E-state index contributed by atoms with van der Waals surface area (Å²) in [7, 11) is 0. The van der Waals surface area contributed by atoms with Gasteiger partial charge in [0.15, 0.2) is 5.82 Å². The van der Waals surface area contributed by atoms with Gasteiger partial charge in [0.1, 0.15) is 0 Å². The molecule has 1 heterocycles. The first-order valence-corrected chi connectivity index (χ1v) is 8.32. The first-order valence-electron chi connectivity index (χ1n) is 7.27. The molecule has 1 aromatic rings. The minimum absolute atomic E-state index is 0.389. The maximum absolute atomic E-state index is 6.46. The summed E-state index contributed by atoms with van der Waals surface area (Å²) in [5.41, 5.74) is 6.07. The van der Waals surface area contributed by atoms with Gasteiger partial charge in [-0.05, 0) is 36.9 Å². The fourth-order valence-corrected chi connectivity index (χ4v) is 3.17. The summed E-state index contributed by atoms with van der Waals surface area (Å²) in [6, 6.07) is 0. The van der Waals surface area contributed by atoms with E-state index in [0.717, 1.165) is 30.3 Å². The van der Waals surface area contributed by atoms with Gasteiger partial charge in [-0.1, -0.05) is 32.3 Å². The summed E-state index contributed by atoms with van der Waals surface area (Å²) in [5.74, 6) is 3.03. The Hall–Kier alpha value is -0.550. The number of nitrogens with two attached hydrogens (primary N) is 1. The minimum Gasteiger partial charge on any atom is -0.337 e. The van der Waals surface area contributed by atoms with Crippen molar-refractivity contribution in [2.75, 3.05) is 0 Å². The Morgan fingerprint density at radius 2 is 2.11 bits per heavy atom. The Morgan fingerprint density at radius 1 is 1.42 bits per heavy atom. The van der Waals surface area contributed by atoms with Crippen molar-refractivity contribution in [3.05, 3.63) is 11.7 Å². The Labute approximate surface area is 119 Å². The molecule has 1 aliphatic rings. The van der Waals surface area contributed by atoms with Crippen molar-refractivity contribution < 1.29 is 4.52 Å². The summed E-state index contributed by atoms with van der Waals surface area (Å²) < 4.78 is 5.41. The lowest BCUT2D eigenvalue weighted by molar-refractivity contribution is 0.181. The van der Waals surface area contributed by atoms with Crippen LogP contribution < -0.4 is 5.73 Å². The molecular formula is C14H25N3OS. The standard InChI is InChI=1S/C14H25N3OS/c1-4-11-5-7-14(15,8-6-11)13-16-12(17-18-13)9-19-10(2)3/h10-11H,4-9,15H2,1-3H3. The van der Waals surface area contributed by atoms with E-state index in [2.05, 4.69) is 30.9 Å². The van der Waals surface area contributed by atoms with Crippen LogP contribution in [-0.2, 0) is 11.3 Å². The number of hydrogen-bond acceptors (Lipinski definition) is 5. The van der Waals surface area contributed by atoms with Crippen LogP contribution >= 0.6 is 11.8 Å². The second kappa shape index (κ2) is 6.27. The van der Waals surface area contributed by atoms with Crippen LogP contribution in [0.2, 0.25) is 0 Å². The van der Waals surface area contributed by atoms with E-state index in [1.165, 1.54) is 19.3 Å². The van der Waals surface area contributed by atoms with E-state index < -0.39 is 0 Å². The van der Waals surface area contributed by atoms with Crippen molar-refractivity contribution in [3.63, 3.8) is 0 Å². The normalized spacial score (nSPS) is 27.9. The maximum atomic E-state index is 6.46. The summed E-state index contributed by atoms with van der Waals surface area (Å²) in [6.45, 7) is 6.59. The van der Waals surface area contributed by atoms with Crippen LogP contribution in [0.5, 0.6) is 0 Å². The van der Waals surface area contributed by atoms with Crippen LogP contribution in [0.1, 0.15) is 64.6 Å². The van der Waals surface area contributed by atoms with Crippen LogP contribution in [0.25, 0.3) is 0 Å². The van der Waals surface area contributed by atoms with Gasteiger partial charge in [0.25, 0.3) is 0 Å². The van der Waals surface area contributed by atoms with E-state index in [1.807, 2.05) is 11.8 Å². The molecule has 2 rings (SSSR count). The molecule has 0 radical (unpaired) electrons. The Morgan fingerprint density at radius 3 is 2.68 bits per heavy atom. The van der Waals surface area contributed by atoms with Gasteiger partial charge in [-0.2, -0.15) is 16.7 Å². The monoisotopic (exact) mass is 283 g/mol. The van der Waals surface area contributed by atoms with Crippen LogP contribution in [-0.4, -0.2) is 15.4 Å². The highest BCUT2D eigenvalue weighted by Crippen LogP contribution is 2.38. The molecule has 0 amide bonds. The van der Waals surface area contributed by atoms with E-state index in [1.54, 1.807) is 0 Å². The van der Waals surface area contributed by atoms with Gasteiger partial charge in [-0.25, -0.2) is 0 Å². The molecule has 0 bridgehead atoms. The topological polar surface area (TPSA) is 64.9 Å². The van der Waals surface area contributed by atoms with Gasteiger partial charge in [0.05, 0.1) is 11.3 Å². The van der Waals surface area contributed by atoms with Crippen LogP contribution in [0.15, 0.2) is 4.52 Å². The number of rotatable bonds is 5. The summed E-state index contributed by atoms with van der Waals surface area (Å²) >= 11 is 1.82. The quantitative estimate of drug-likeness (QED) is 0.896. The van der Waals surface area contributed by atoms with Crippen molar-refractivity contribution in [2.45, 2.75) is 69.4 Å². The molecule has 0 atom stereocenters. The summed E-state index contributed by atoms with van der Waals surface area (Å²) in [5, 5.41) is 4.64. The Bertz CT molecular complexity index is 397. The molecule has 4 nitrogen and oxygen atoms in total. The molecular weight excluding hydrogens is 258 g/mol. The maximum Gasteiger partial charge on any atom is 0.246 e. The number of thioether (sulfide) groups is 1. The smallest absolute Gasteiger partial charge is 0.246 e. The van der Waals surface area contributed by atoms with Gasteiger partial charge in [0.2, 0.25) is 5.89 Å². The number of nitrogens with zero attached hydrogens (tertiary/aromatic N) is 2. The van der Waals surface area contributed by atoms with Crippen molar-refractivity contribution in [3.8, 4) is 0 Å². The lowest BCUT2D eigenvalue weighted by Crippen LogP contribution is -2.40. The molecule has 0 aromatic carbocycles. The Kier molecular flexibility index (Phi) is 4.90. The molecule has 1 aromatic heterocycles. The third-order valence-electron chi connectivity index (χ3n) is 4.01. The zero-order valence-electron chi connectivity index (χ0n) is 12.2. The van der Waals surface area contributed by atoms with Gasteiger partial charge in [-0.3, -0.25) is 0 Å². The number of aromatic nitrogens is 2. The Balaban J connectivity index is 1.97. The van der Waals surface area contributed by atoms with E-state index in [4.69, 9.17) is 10.3 Å². The van der Waals surface area contributed by atoms with Gasteiger partial charge in [-0.15, -0.1) is 0 Å². The molecule has 0 unspecified atom stereocenters. The second-order valence-electron chi connectivity index (χ2n) is 5.88. The summed E-state index contributed by atoms with van der Waals surface area (Å²) in [4.78, 5) is 4.50. The largest absolute Gasteiger partial charge is 0.337 e. The minimum atomic E-state index is -0.389. The first kappa shape index (κ1) is 14.9. The third-order valence-corrected chi connectivity index (χ3v) is 5.11. The molecule has 2 N–H and O–H groups in total. The highest BCUT2D eigenvalue weighted by molar-refractivity contribution is 7.99. The molecule has 5 heteroatoms. The van der Waals surface area contributed by atoms with E-state index in [0.29, 0.717) is 11.1 Å². The van der Waals surface area contributed by atoms with E-state index in [9.17, 15) is 0 Å². The lowest BCUT2D eigenvalue weighted by atomic mass is 9.76. The third kappa shape index (κ3) is 3.72. The summed E-state index contributed by atoms with van der Waals surface area (Å²) in [6.07, 6.45) is 5.52. The molecule has 1 fully saturated rings. The van der Waals surface area contributed by atoms with Crippen LogP contribution in [0.4, 0.5) is 0 Å². The van der Waals surface area contributed by atoms with Crippen molar-refractivity contribution in [1.29, 1.82) is 0 Å². The van der Waals surface area contributed by atoms with E-state index in [-0.39, 0.29) is 5.54 Å². The predicted octanol–water partition coefficient (Wildman–Crippen LogP) is 3.47. The average molecular weight is 283 g/mol. The molecule has 0 saturated heterocycles. The molecule has 19 heavy (non-hydrogen) atoms. The predicted molar refractivity (Wildman–Crippen MR) is 78.8 cm³/mol. The van der Waals surface area contributed by atoms with Gasteiger partial charge >= 0.3 is 0 Å². The van der Waals surface area contributed by atoms with E-state index >= 15 is 0 Å². The zero-order valence-corrected chi connectivity index (χ0v) is 13.0. The number of hydrogen-bond donors (Lipinski definition) is 1. The second-order valence-corrected chi connectivity index (χ2v) is 7.45. The molecule has 108 valence electrons. The molecule has 0 spiro atoms. The van der Waals surface area contributed by atoms with Crippen molar-refractivity contribution >= 4 is 11.8 Å². The lowest BCUT2D eigenvalue weighted by Gasteiger charge is -2.33. The molecule has 0 aliphatic heterocycles. The van der Waals surface area contributed by atoms with Crippen LogP contribution in [0, 0.1) is 5.92 Å². The van der Waals surface area contributed by atoms with Crippen LogP contribution in [0.3, 0.4) is 0 Å².